The van der Waals surface area contributed by atoms with Crippen LogP contribution in [0, 0.1) is 11.3 Å². The van der Waals surface area contributed by atoms with E-state index < -0.39 is 0 Å². The number of nitrogens with zero attached hydrogens (tertiary/aromatic N) is 1. The van der Waals surface area contributed by atoms with Gasteiger partial charge in [0, 0.05) is 0 Å². The normalized spacial score (nSPS) is 11.6. The van der Waals surface area contributed by atoms with Gasteiger partial charge >= 0.3 is 0 Å². The van der Waals surface area contributed by atoms with Crippen molar-refractivity contribution in [3.8, 4) is 84.0 Å². The fourth-order valence-electron chi connectivity index (χ4n) is 9.05. The van der Waals surface area contributed by atoms with Crippen LogP contribution >= 0.6 is 0 Å². The van der Waals surface area contributed by atoms with Crippen LogP contribution in [0.1, 0.15) is 5.56 Å². The summed E-state index contributed by atoms with van der Waals surface area (Å²) in [4.78, 5) is 0. The highest BCUT2D eigenvalue weighted by molar-refractivity contribution is 6.28. The Bertz CT molecular complexity index is 3110. The minimum atomic E-state index is 0.674. The number of rotatable bonds is 5. The van der Waals surface area contributed by atoms with Crippen molar-refractivity contribution in [2.45, 2.75) is 0 Å². The smallest absolute Gasteiger partial charge is 0.0991 e. The highest BCUT2D eigenvalue weighted by atomic mass is 14.3. The molecule has 0 saturated carbocycles. The molecule has 0 spiro atoms. The summed E-state index contributed by atoms with van der Waals surface area (Å²) in [7, 11) is 0. The Hall–Kier alpha value is -7.53. The first-order valence-electron chi connectivity index (χ1n) is 19.1. The molecular formula is C55H33N. The average Bonchev–Trinajstić information content (AvgIpc) is 3.60. The lowest BCUT2D eigenvalue weighted by Crippen LogP contribution is -1.93. The van der Waals surface area contributed by atoms with Crippen LogP contribution in [0.25, 0.3) is 110 Å². The standard InChI is InChI=1S/C55H33N/c56-34-35-18-20-36(21-19-35)41-26-28-44-33-42(27-29-43(44)32-41)37-22-24-38(25-23-37)45-30-31-50-53-46(45)16-9-17-49(53)54-51(39-10-3-1-4-11-39)47-14-7-8-15-48(47)52(55(50)54)40-12-5-2-6-13-40/h1-33H. The summed E-state index contributed by atoms with van der Waals surface area (Å²) in [6.45, 7) is 0. The van der Waals surface area contributed by atoms with Gasteiger partial charge in [-0.25, -0.2) is 0 Å². The molecule has 1 nitrogen and oxygen atoms in total. The zero-order chi connectivity index (χ0) is 37.2. The molecule has 0 atom stereocenters. The topological polar surface area (TPSA) is 23.8 Å². The van der Waals surface area contributed by atoms with Crippen LogP contribution < -0.4 is 0 Å². The molecule has 0 saturated heterocycles. The Kier molecular flexibility index (Phi) is 7.31. The molecule has 0 fully saturated rings. The van der Waals surface area contributed by atoms with Crippen molar-refractivity contribution >= 4 is 32.3 Å². The molecule has 11 rings (SSSR count). The molecule has 258 valence electrons. The maximum absolute atomic E-state index is 9.19. The lowest BCUT2D eigenvalue weighted by atomic mass is 9.82. The number of hydrogen-bond donors (Lipinski definition) is 0. The van der Waals surface area contributed by atoms with Gasteiger partial charge < -0.3 is 0 Å². The third-order valence-corrected chi connectivity index (χ3v) is 11.6. The summed E-state index contributed by atoms with van der Waals surface area (Å²) >= 11 is 0. The van der Waals surface area contributed by atoms with Crippen LogP contribution in [-0.4, -0.2) is 0 Å². The average molecular weight is 708 g/mol. The van der Waals surface area contributed by atoms with Gasteiger partial charge in [0.25, 0.3) is 0 Å². The van der Waals surface area contributed by atoms with Gasteiger partial charge in [-0.1, -0.05) is 176 Å². The van der Waals surface area contributed by atoms with Crippen LogP contribution in [0.4, 0.5) is 0 Å². The molecule has 10 aromatic rings. The fourth-order valence-corrected chi connectivity index (χ4v) is 9.05. The van der Waals surface area contributed by atoms with Crippen molar-refractivity contribution < 1.29 is 0 Å². The molecule has 56 heavy (non-hydrogen) atoms. The van der Waals surface area contributed by atoms with E-state index in [1.807, 2.05) is 24.3 Å². The molecule has 1 heteroatoms. The predicted molar refractivity (Wildman–Crippen MR) is 235 cm³/mol. The predicted octanol–water partition coefficient (Wildman–Crippen LogP) is 15.0. The monoisotopic (exact) mass is 707 g/mol. The van der Waals surface area contributed by atoms with Gasteiger partial charge in [0.1, 0.15) is 0 Å². The minimum absolute atomic E-state index is 0.674. The summed E-state index contributed by atoms with van der Waals surface area (Å²) in [6.07, 6.45) is 0. The van der Waals surface area contributed by atoms with E-state index in [0.717, 1.165) is 11.1 Å². The maximum atomic E-state index is 9.19. The third kappa shape index (κ3) is 5.01. The Balaban J connectivity index is 1.03. The van der Waals surface area contributed by atoms with E-state index in [-0.39, 0.29) is 0 Å². The molecule has 0 unspecified atom stereocenters. The fraction of sp³-hybridized carbons (Fsp3) is 0. The van der Waals surface area contributed by atoms with Crippen LogP contribution in [0.3, 0.4) is 0 Å². The summed E-state index contributed by atoms with van der Waals surface area (Å²) in [5, 5.41) is 16.7. The number of nitriles is 1. The van der Waals surface area contributed by atoms with Crippen molar-refractivity contribution in [3.05, 3.63) is 206 Å². The van der Waals surface area contributed by atoms with E-state index in [1.54, 1.807) is 0 Å². The quantitative estimate of drug-likeness (QED) is 0.175. The Labute approximate surface area is 326 Å². The molecule has 1 aliphatic rings. The molecular weight excluding hydrogens is 675 g/mol. The van der Waals surface area contributed by atoms with Crippen LogP contribution in [0.5, 0.6) is 0 Å². The van der Waals surface area contributed by atoms with Crippen LogP contribution in [0.15, 0.2) is 200 Å². The van der Waals surface area contributed by atoms with Gasteiger partial charge in [-0.2, -0.15) is 5.26 Å². The van der Waals surface area contributed by atoms with Crippen LogP contribution in [-0.2, 0) is 0 Å². The summed E-state index contributed by atoms with van der Waals surface area (Å²) < 4.78 is 0. The minimum Gasteiger partial charge on any atom is -0.192 e. The van der Waals surface area contributed by atoms with Gasteiger partial charge in [-0.3, -0.25) is 0 Å². The first-order chi connectivity index (χ1) is 27.7. The Morgan fingerprint density at radius 3 is 1.29 bits per heavy atom. The zero-order valence-electron chi connectivity index (χ0n) is 30.5. The number of benzene rings is 10. The largest absolute Gasteiger partial charge is 0.192 e. The maximum Gasteiger partial charge on any atom is 0.0991 e. The highest BCUT2D eigenvalue weighted by Gasteiger charge is 2.31. The molecule has 0 radical (unpaired) electrons. The highest BCUT2D eigenvalue weighted by Crippen LogP contribution is 2.58. The lowest BCUT2D eigenvalue weighted by Gasteiger charge is -2.20. The second-order valence-electron chi connectivity index (χ2n) is 14.7. The molecule has 0 aromatic heterocycles. The molecule has 0 heterocycles. The van der Waals surface area contributed by atoms with Gasteiger partial charge in [0.05, 0.1) is 11.6 Å². The third-order valence-electron chi connectivity index (χ3n) is 11.6. The number of hydrogen-bond acceptors (Lipinski definition) is 1. The lowest BCUT2D eigenvalue weighted by molar-refractivity contribution is 1.48. The van der Waals surface area contributed by atoms with Gasteiger partial charge in [-0.05, 0) is 134 Å². The second-order valence-corrected chi connectivity index (χ2v) is 14.7. The summed E-state index contributed by atoms with van der Waals surface area (Å²) in [5.74, 6) is 0. The van der Waals surface area contributed by atoms with E-state index >= 15 is 0 Å². The van der Waals surface area contributed by atoms with Crippen molar-refractivity contribution in [2.24, 2.45) is 0 Å². The van der Waals surface area contributed by atoms with Gasteiger partial charge in [-0.15, -0.1) is 0 Å². The van der Waals surface area contributed by atoms with E-state index in [1.165, 1.54) is 99.1 Å². The Morgan fingerprint density at radius 1 is 0.286 bits per heavy atom. The van der Waals surface area contributed by atoms with Crippen molar-refractivity contribution in [2.75, 3.05) is 0 Å². The molecule has 10 aromatic carbocycles. The summed E-state index contributed by atoms with van der Waals surface area (Å²) in [6, 6.07) is 74.7. The zero-order valence-corrected chi connectivity index (χ0v) is 30.5. The molecule has 1 aliphatic carbocycles. The van der Waals surface area contributed by atoms with Crippen molar-refractivity contribution in [3.63, 3.8) is 0 Å². The van der Waals surface area contributed by atoms with E-state index in [2.05, 4.69) is 182 Å². The first kappa shape index (κ1) is 31.9. The van der Waals surface area contributed by atoms with E-state index in [0.29, 0.717) is 5.56 Å². The SMILES string of the molecule is N#Cc1ccc(-c2ccc3cc(-c4ccc(-c5ccc6c7c(cccc57)-c5c-6c(-c6ccccc6)c6ccccc6c5-c5ccccc5)cc4)ccc3c2)cc1. The molecule has 0 bridgehead atoms. The first-order valence-corrected chi connectivity index (χ1v) is 19.1. The van der Waals surface area contributed by atoms with E-state index in [4.69, 9.17) is 0 Å². The second kappa shape index (κ2) is 12.8. The molecule has 0 N–H and O–H groups in total. The molecule has 0 aliphatic heterocycles. The van der Waals surface area contributed by atoms with Gasteiger partial charge in [0.15, 0.2) is 0 Å². The molecule has 0 amide bonds. The van der Waals surface area contributed by atoms with Crippen LogP contribution in [0.2, 0.25) is 0 Å². The number of fused-ring (bicyclic) bond motifs is 5. The summed E-state index contributed by atoms with van der Waals surface area (Å²) in [5.41, 5.74) is 18.1. The van der Waals surface area contributed by atoms with Crippen molar-refractivity contribution in [1.29, 1.82) is 5.26 Å². The van der Waals surface area contributed by atoms with Crippen molar-refractivity contribution in [1.82, 2.24) is 0 Å². The van der Waals surface area contributed by atoms with Gasteiger partial charge in [0.2, 0.25) is 0 Å². The Morgan fingerprint density at radius 2 is 0.732 bits per heavy atom. The van der Waals surface area contributed by atoms with E-state index in [9.17, 15) is 5.26 Å².